The molecule has 4 heteroatoms. The number of rotatable bonds is 7. The van der Waals surface area contributed by atoms with Crippen LogP contribution in [-0.4, -0.2) is 37.2 Å². The van der Waals surface area contributed by atoms with Crippen molar-refractivity contribution in [2.45, 2.75) is 58.7 Å². The summed E-state index contributed by atoms with van der Waals surface area (Å²) in [5, 5.41) is 6.11. The lowest BCUT2D eigenvalue weighted by atomic mass is 10.1. The molecule has 0 bridgehead atoms. The van der Waals surface area contributed by atoms with Crippen LogP contribution >= 0.6 is 0 Å². The van der Waals surface area contributed by atoms with E-state index in [1.807, 2.05) is 27.7 Å². The Hall–Kier alpha value is -0.610. The summed E-state index contributed by atoms with van der Waals surface area (Å²) < 4.78 is 5.28. The lowest BCUT2D eigenvalue weighted by Crippen LogP contribution is -2.49. The van der Waals surface area contributed by atoms with Crippen LogP contribution in [0.3, 0.4) is 0 Å². The molecule has 0 aliphatic carbocycles. The molecule has 0 rings (SSSR count). The van der Waals surface area contributed by atoms with Crippen molar-refractivity contribution in [3.8, 4) is 0 Å². The maximum Gasteiger partial charge on any atom is 0.237 e. The van der Waals surface area contributed by atoms with Gasteiger partial charge in [0.2, 0.25) is 5.91 Å². The zero-order chi connectivity index (χ0) is 12.8. The molecule has 4 nitrogen and oxygen atoms in total. The molecule has 0 fully saturated rings. The largest absolute Gasteiger partial charge is 0.377 e. The standard InChI is InChI=1S/C12H26N2O2/c1-7-9(2)14-11(15)10(3)13-8-12(4,5)16-6/h9-10,13H,7-8H2,1-6H3,(H,14,15). The van der Waals surface area contributed by atoms with E-state index in [0.29, 0.717) is 6.54 Å². The molecule has 0 aromatic heterocycles. The molecule has 96 valence electrons. The number of hydrogen-bond acceptors (Lipinski definition) is 3. The molecule has 2 unspecified atom stereocenters. The third-order valence-electron chi connectivity index (χ3n) is 2.78. The Morgan fingerprint density at radius 2 is 1.94 bits per heavy atom. The number of hydrogen-bond donors (Lipinski definition) is 2. The van der Waals surface area contributed by atoms with Crippen molar-refractivity contribution in [1.29, 1.82) is 0 Å². The van der Waals surface area contributed by atoms with E-state index in [4.69, 9.17) is 4.74 Å². The molecule has 16 heavy (non-hydrogen) atoms. The van der Waals surface area contributed by atoms with Crippen molar-refractivity contribution in [2.24, 2.45) is 0 Å². The third kappa shape index (κ3) is 6.08. The number of methoxy groups -OCH3 is 1. The second-order valence-corrected chi connectivity index (χ2v) is 4.88. The Morgan fingerprint density at radius 1 is 1.38 bits per heavy atom. The van der Waals surface area contributed by atoms with Crippen LogP contribution < -0.4 is 10.6 Å². The molecule has 0 spiro atoms. The van der Waals surface area contributed by atoms with Gasteiger partial charge < -0.3 is 15.4 Å². The van der Waals surface area contributed by atoms with E-state index in [1.54, 1.807) is 7.11 Å². The monoisotopic (exact) mass is 230 g/mol. The summed E-state index contributed by atoms with van der Waals surface area (Å²) in [4.78, 5) is 11.7. The van der Waals surface area contributed by atoms with E-state index in [1.165, 1.54) is 0 Å². The maximum atomic E-state index is 11.7. The predicted octanol–water partition coefficient (Wildman–Crippen LogP) is 1.30. The van der Waals surface area contributed by atoms with E-state index < -0.39 is 0 Å². The molecule has 0 aliphatic rings. The van der Waals surface area contributed by atoms with Gasteiger partial charge in [0.1, 0.15) is 0 Å². The SMILES string of the molecule is CCC(C)NC(=O)C(C)NCC(C)(C)OC. The Labute approximate surface area is 99.1 Å². The molecular weight excluding hydrogens is 204 g/mol. The first-order valence-electron chi connectivity index (χ1n) is 5.91. The highest BCUT2D eigenvalue weighted by Gasteiger charge is 2.20. The first kappa shape index (κ1) is 15.4. The van der Waals surface area contributed by atoms with Crippen molar-refractivity contribution in [3.05, 3.63) is 0 Å². The van der Waals surface area contributed by atoms with Gasteiger partial charge in [-0.1, -0.05) is 6.92 Å². The van der Waals surface area contributed by atoms with Crippen LogP contribution in [0.2, 0.25) is 0 Å². The zero-order valence-electron chi connectivity index (χ0n) is 11.4. The van der Waals surface area contributed by atoms with Crippen LogP contribution in [0.25, 0.3) is 0 Å². The van der Waals surface area contributed by atoms with Crippen molar-refractivity contribution < 1.29 is 9.53 Å². The fourth-order valence-electron chi connectivity index (χ4n) is 1.03. The van der Waals surface area contributed by atoms with Gasteiger partial charge in [0.25, 0.3) is 0 Å². The van der Waals surface area contributed by atoms with Crippen LogP contribution in [0.15, 0.2) is 0 Å². The minimum absolute atomic E-state index is 0.0428. The van der Waals surface area contributed by atoms with Gasteiger partial charge >= 0.3 is 0 Å². The van der Waals surface area contributed by atoms with E-state index >= 15 is 0 Å². The smallest absolute Gasteiger partial charge is 0.237 e. The van der Waals surface area contributed by atoms with Crippen molar-refractivity contribution >= 4 is 5.91 Å². The Bertz CT molecular complexity index is 217. The highest BCUT2D eigenvalue weighted by Crippen LogP contribution is 2.05. The van der Waals surface area contributed by atoms with Crippen LogP contribution in [0.1, 0.15) is 41.0 Å². The van der Waals surface area contributed by atoms with Crippen LogP contribution in [0.4, 0.5) is 0 Å². The van der Waals surface area contributed by atoms with Gasteiger partial charge in [0.05, 0.1) is 11.6 Å². The zero-order valence-corrected chi connectivity index (χ0v) is 11.4. The van der Waals surface area contributed by atoms with Gasteiger partial charge in [-0.05, 0) is 34.1 Å². The van der Waals surface area contributed by atoms with E-state index in [0.717, 1.165) is 6.42 Å². The van der Waals surface area contributed by atoms with Crippen molar-refractivity contribution in [2.75, 3.05) is 13.7 Å². The number of carbonyl (C=O) groups is 1. The minimum Gasteiger partial charge on any atom is -0.377 e. The van der Waals surface area contributed by atoms with Crippen LogP contribution in [0.5, 0.6) is 0 Å². The van der Waals surface area contributed by atoms with Gasteiger partial charge in [0, 0.05) is 19.7 Å². The summed E-state index contributed by atoms with van der Waals surface area (Å²) >= 11 is 0. The fourth-order valence-corrected chi connectivity index (χ4v) is 1.03. The highest BCUT2D eigenvalue weighted by atomic mass is 16.5. The molecule has 0 heterocycles. The Balaban J connectivity index is 3.97. The van der Waals surface area contributed by atoms with Gasteiger partial charge in [-0.3, -0.25) is 4.79 Å². The summed E-state index contributed by atoms with van der Waals surface area (Å²) in [5.74, 6) is 0.0428. The van der Waals surface area contributed by atoms with E-state index in [-0.39, 0.29) is 23.6 Å². The Kier molecular flexibility index (Phi) is 6.60. The first-order valence-corrected chi connectivity index (χ1v) is 5.91. The Morgan fingerprint density at radius 3 is 2.38 bits per heavy atom. The summed E-state index contributed by atoms with van der Waals surface area (Å²) in [6.45, 7) is 10.5. The van der Waals surface area contributed by atoms with Crippen LogP contribution in [0, 0.1) is 0 Å². The summed E-state index contributed by atoms with van der Waals surface area (Å²) in [6, 6.07) is 0.0376. The lowest BCUT2D eigenvalue weighted by Gasteiger charge is -2.26. The summed E-state index contributed by atoms with van der Waals surface area (Å²) in [7, 11) is 1.67. The molecule has 0 aromatic rings. The van der Waals surface area contributed by atoms with Gasteiger partial charge in [-0.25, -0.2) is 0 Å². The van der Waals surface area contributed by atoms with E-state index in [2.05, 4.69) is 17.6 Å². The molecule has 2 N–H and O–H groups in total. The third-order valence-corrected chi connectivity index (χ3v) is 2.78. The normalized spacial score (nSPS) is 15.6. The molecule has 0 saturated carbocycles. The lowest BCUT2D eigenvalue weighted by molar-refractivity contribution is -0.123. The highest BCUT2D eigenvalue weighted by molar-refractivity contribution is 5.81. The number of amides is 1. The van der Waals surface area contributed by atoms with Crippen LogP contribution in [-0.2, 0) is 9.53 Å². The number of ether oxygens (including phenoxy) is 1. The second-order valence-electron chi connectivity index (χ2n) is 4.88. The molecule has 0 aromatic carbocycles. The molecule has 1 amide bonds. The molecule has 0 radical (unpaired) electrons. The summed E-state index contributed by atoms with van der Waals surface area (Å²) in [5.41, 5.74) is -0.245. The maximum absolute atomic E-state index is 11.7. The average Bonchev–Trinajstić information content (AvgIpc) is 2.25. The predicted molar refractivity (Wildman–Crippen MR) is 66.4 cm³/mol. The molecule has 2 atom stereocenters. The van der Waals surface area contributed by atoms with Gasteiger partial charge in [-0.2, -0.15) is 0 Å². The van der Waals surface area contributed by atoms with Crippen molar-refractivity contribution in [3.63, 3.8) is 0 Å². The topological polar surface area (TPSA) is 50.4 Å². The molecular formula is C12H26N2O2. The number of carbonyl (C=O) groups excluding carboxylic acids is 1. The van der Waals surface area contributed by atoms with Gasteiger partial charge in [-0.15, -0.1) is 0 Å². The van der Waals surface area contributed by atoms with E-state index in [9.17, 15) is 4.79 Å². The fraction of sp³-hybridized carbons (Fsp3) is 0.917. The molecule has 0 saturated heterocycles. The second kappa shape index (κ2) is 6.86. The minimum atomic E-state index is -0.245. The average molecular weight is 230 g/mol. The van der Waals surface area contributed by atoms with Gasteiger partial charge in [0.15, 0.2) is 0 Å². The molecule has 0 aliphatic heterocycles. The number of nitrogens with one attached hydrogen (secondary N) is 2. The summed E-state index contributed by atoms with van der Waals surface area (Å²) in [6.07, 6.45) is 0.946. The first-order chi connectivity index (χ1) is 7.32. The quantitative estimate of drug-likeness (QED) is 0.693. The van der Waals surface area contributed by atoms with Crippen molar-refractivity contribution in [1.82, 2.24) is 10.6 Å².